The summed E-state index contributed by atoms with van der Waals surface area (Å²) in [6, 6.07) is 4.17. The van der Waals surface area contributed by atoms with E-state index in [0.29, 0.717) is 12.2 Å². The Balaban J connectivity index is 1.49. The second-order valence-electron chi connectivity index (χ2n) is 5.14. The average molecular weight is 247 g/mol. The van der Waals surface area contributed by atoms with Crippen LogP contribution in [-0.2, 0) is 4.74 Å². The van der Waals surface area contributed by atoms with Crippen LogP contribution in [0.15, 0.2) is 24.5 Å². The Morgan fingerprint density at radius 1 is 1.11 bits per heavy atom. The molecule has 1 aromatic heterocycles. The van der Waals surface area contributed by atoms with E-state index in [1.807, 2.05) is 12.4 Å². The molecule has 1 unspecified atom stereocenters. The van der Waals surface area contributed by atoms with Crippen molar-refractivity contribution in [3.05, 3.63) is 24.5 Å². The smallest absolute Gasteiger partial charge is 0.0715 e. The molecule has 1 atom stereocenters. The van der Waals surface area contributed by atoms with Crippen LogP contribution in [0.5, 0.6) is 0 Å². The summed E-state index contributed by atoms with van der Waals surface area (Å²) in [5.41, 5.74) is 1.28. The number of hydrogen-bond acceptors (Lipinski definition) is 4. The first-order valence-electron chi connectivity index (χ1n) is 6.93. The number of hydrogen-bond donors (Lipinski definition) is 1. The third kappa shape index (κ3) is 2.82. The lowest BCUT2D eigenvalue weighted by Crippen LogP contribution is -2.38. The van der Waals surface area contributed by atoms with E-state index in [9.17, 15) is 0 Å². The predicted molar refractivity (Wildman–Crippen MR) is 71.8 cm³/mol. The largest absolute Gasteiger partial charge is 0.373 e. The highest BCUT2D eigenvalue weighted by Gasteiger charge is 2.24. The molecule has 18 heavy (non-hydrogen) atoms. The summed E-state index contributed by atoms with van der Waals surface area (Å²) in [6.07, 6.45) is 8.07. The Kier molecular flexibility index (Phi) is 3.76. The van der Waals surface area contributed by atoms with Crippen LogP contribution in [0.2, 0.25) is 0 Å². The number of nitrogens with zero attached hydrogens (tertiary/aromatic N) is 2. The fourth-order valence-electron chi connectivity index (χ4n) is 2.82. The molecule has 0 aliphatic carbocycles. The molecule has 2 aliphatic heterocycles. The van der Waals surface area contributed by atoms with Gasteiger partial charge in [-0.2, -0.15) is 0 Å². The van der Waals surface area contributed by atoms with Crippen molar-refractivity contribution in [1.82, 2.24) is 10.3 Å². The van der Waals surface area contributed by atoms with Crippen molar-refractivity contribution in [2.45, 2.75) is 31.5 Å². The van der Waals surface area contributed by atoms with Crippen molar-refractivity contribution in [3.8, 4) is 0 Å². The second-order valence-corrected chi connectivity index (χ2v) is 5.14. The number of pyridine rings is 1. The normalized spacial score (nSPS) is 25.6. The molecule has 0 radical (unpaired) electrons. The molecule has 1 aromatic rings. The minimum Gasteiger partial charge on any atom is -0.373 e. The zero-order valence-electron chi connectivity index (χ0n) is 10.7. The van der Waals surface area contributed by atoms with Crippen molar-refractivity contribution in [1.29, 1.82) is 0 Å². The second kappa shape index (κ2) is 5.67. The van der Waals surface area contributed by atoms with Gasteiger partial charge in [0, 0.05) is 37.7 Å². The number of rotatable bonds is 3. The van der Waals surface area contributed by atoms with Crippen LogP contribution in [0.4, 0.5) is 5.69 Å². The van der Waals surface area contributed by atoms with Gasteiger partial charge in [-0.05, 0) is 37.9 Å². The van der Waals surface area contributed by atoms with E-state index in [2.05, 4.69) is 27.3 Å². The molecule has 1 N–H and O–H groups in total. The van der Waals surface area contributed by atoms with E-state index in [1.54, 1.807) is 0 Å². The van der Waals surface area contributed by atoms with Gasteiger partial charge in [-0.15, -0.1) is 0 Å². The van der Waals surface area contributed by atoms with Crippen LogP contribution in [-0.4, -0.2) is 43.4 Å². The molecule has 0 aromatic carbocycles. The van der Waals surface area contributed by atoms with Crippen molar-refractivity contribution in [2.24, 2.45) is 0 Å². The van der Waals surface area contributed by atoms with Crippen molar-refractivity contribution >= 4 is 5.69 Å². The van der Waals surface area contributed by atoms with Crippen molar-refractivity contribution in [3.63, 3.8) is 0 Å². The molecule has 0 spiro atoms. The van der Waals surface area contributed by atoms with Gasteiger partial charge in [0.2, 0.25) is 0 Å². The van der Waals surface area contributed by atoms with Gasteiger partial charge in [-0.3, -0.25) is 4.98 Å². The van der Waals surface area contributed by atoms with Crippen molar-refractivity contribution < 1.29 is 4.74 Å². The number of ether oxygens (including phenoxy) is 1. The van der Waals surface area contributed by atoms with Gasteiger partial charge in [0.25, 0.3) is 0 Å². The molecule has 2 fully saturated rings. The summed E-state index contributed by atoms with van der Waals surface area (Å²) in [4.78, 5) is 6.49. The quantitative estimate of drug-likeness (QED) is 0.877. The first kappa shape index (κ1) is 11.9. The maximum Gasteiger partial charge on any atom is 0.0715 e. The Labute approximate surface area is 108 Å². The maximum absolute atomic E-state index is 6.13. The number of anilines is 1. The zero-order chi connectivity index (χ0) is 12.2. The molecule has 4 nitrogen and oxygen atoms in total. The van der Waals surface area contributed by atoms with E-state index < -0.39 is 0 Å². The minimum absolute atomic E-state index is 0.447. The molecule has 2 aliphatic rings. The lowest BCUT2D eigenvalue weighted by molar-refractivity contribution is -0.0130. The van der Waals surface area contributed by atoms with E-state index in [1.165, 1.54) is 12.1 Å². The van der Waals surface area contributed by atoms with Crippen molar-refractivity contribution in [2.75, 3.05) is 31.1 Å². The summed E-state index contributed by atoms with van der Waals surface area (Å²) < 4.78 is 6.13. The summed E-state index contributed by atoms with van der Waals surface area (Å²) in [7, 11) is 0. The molecule has 4 heteroatoms. The van der Waals surface area contributed by atoms with E-state index >= 15 is 0 Å². The summed E-state index contributed by atoms with van der Waals surface area (Å²) >= 11 is 0. The Bertz CT molecular complexity index is 357. The lowest BCUT2D eigenvalue weighted by Gasteiger charge is -2.34. The first-order valence-corrected chi connectivity index (χ1v) is 6.93. The average Bonchev–Trinajstić information content (AvgIpc) is 2.94. The minimum atomic E-state index is 0.447. The number of aromatic nitrogens is 1. The third-order valence-electron chi connectivity index (χ3n) is 3.87. The first-order chi connectivity index (χ1) is 8.92. The SMILES string of the molecule is c1cc(N2CCC(OC3CCNC3)CC2)ccn1. The van der Waals surface area contributed by atoms with Crippen LogP contribution < -0.4 is 10.2 Å². The molecule has 2 saturated heterocycles. The molecule has 0 amide bonds. The van der Waals surface area contributed by atoms with Gasteiger partial charge in [-0.1, -0.05) is 0 Å². The summed E-state index contributed by atoms with van der Waals surface area (Å²) in [5, 5.41) is 3.35. The molecule has 0 bridgehead atoms. The third-order valence-corrected chi connectivity index (χ3v) is 3.87. The van der Waals surface area contributed by atoms with Crippen LogP contribution in [0.3, 0.4) is 0 Å². The Hall–Kier alpha value is -1.13. The van der Waals surface area contributed by atoms with Gasteiger partial charge in [0.05, 0.1) is 12.2 Å². The number of piperidine rings is 1. The van der Waals surface area contributed by atoms with Gasteiger partial charge in [0.15, 0.2) is 0 Å². The highest BCUT2D eigenvalue weighted by Crippen LogP contribution is 2.22. The van der Waals surface area contributed by atoms with Crippen LogP contribution in [0.1, 0.15) is 19.3 Å². The van der Waals surface area contributed by atoms with E-state index in [0.717, 1.165) is 39.0 Å². The van der Waals surface area contributed by atoms with Crippen LogP contribution in [0, 0.1) is 0 Å². The van der Waals surface area contributed by atoms with Crippen LogP contribution >= 0.6 is 0 Å². The van der Waals surface area contributed by atoms with Gasteiger partial charge in [-0.25, -0.2) is 0 Å². The standard InChI is InChI=1S/C14H21N3O/c1-6-15-7-2-12(1)17-9-4-13(5-10-17)18-14-3-8-16-11-14/h1-2,6-7,13-14,16H,3-5,8-11H2. The van der Waals surface area contributed by atoms with Crippen LogP contribution in [0.25, 0.3) is 0 Å². The maximum atomic E-state index is 6.13. The van der Waals surface area contributed by atoms with E-state index in [-0.39, 0.29) is 0 Å². The lowest BCUT2D eigenvalue weighted by atomic mass is 10.1. The summed E-state index contributed by atoms with van der Waals surface area (Å²) in [5.74, 6) is 0. The predicted octanol–water partition coefficient (Wildman–Crippen LogP) is 1.43. The van der Waals surface area contributed by atoms with E-state index in [4.69, 9.17) is 4.74 Å². The molecule has 3 rings (SSSR count). The molecule has 0 saturated carbocycles. The molecule has 3 heterocycles. The molecular formula is C14H21N3O. The Morgan fingerprint density at radius 2 is 1.89 bits per heavy atom. The summed E-state index contributed by atoms with van der Waals surface area (Å²) in [6.45, 7) is 4.33. The molecular weight excluding hydrogens is 226 g/mol. The Morgan fingerprint density at radius 3 is 2.56 bits per heavy atom. The fourth-order valence-corrected chi connectivity index (χ4v) is 2.82. The molecule has 98 valence electrons. The van der Waals surface area contributed by atoms with Gasteiger partial charge >= 0.3 is 0 Å². The highest BCUT2D eigenvalue weighted by atomic mass is 16.5. The monoisotopic (exact) mass is 247 g/mol. The van der Waals surface area contributed by atoms with Gasteiger partial charge < -0.3 is 15.0 Å². The zero-order valence-corrected chi connectivity index (χ0v) is 10.7. The topological polar surface area (TPSA) is 37.4 Å². The highest BCUT2D eigenvalue weighted by molar-refractivity contribution is 5.44. The number of nitrogens with one attached hydrogen (secondary N) is 1. The van der Waals surface area contributed by atoms with Gasteiger partial charge in [0.1, 0.15) is 0 Å². The fraction of sp³-hybridized carbons (Fsp3) is 0.643.